The van der Waals surface area contributed by atoms with Gasteiger partial charge in [-0.3, -0.25) is 0 Å². The molecule has 0 unspecified atom stereocenters. The summed E-state index contributed by atoms with van der Waals surface area (Å²) in [5, 5.41) is 0.618. The predicted octanol–water partition coefficient (Wildman–Crippen LogP) is 9.14. The van der Waals surface area contributed by atoms with Crippen molar-refractivity contribution in [3.63, 3.8) is 0 Å². The Kier molecular flexibility index (Phi) is 5.86. The van der Waals surface area contributed by atoms with Crippen LogP contribution in [0.1, 0.15) is 0 Å². The van der Waals surface area contributed by atoms with E-state index >= 15 is 0 Å². The van der Waals surface area contributed by atoms with Crippen LogP contribution in [0.25, 0.3) is 33.4 Å². The van der Waals surface area contributed by atoms with E-state index in [-0.39, 0.29) is 4.47 Å². The molecule has 5 heteroatoms. The molecule has 0 radical (unpaired) electrons. The van der Waals surface area contributed by atoms with E-state index in [1.165, 1.54) is 0 Å². The minimum absolute atomic E-state index is 0.0897. The molecule has 0 aromatic heterocycles. The summed E-state index contributed by atoms with van der Waals surface area (Å²) in [5.74, 6) is -1.80. The average Bonchev–Trinajstić information content (AvgIpc) is 2.72. The van der Waals surface area contributed by atoms with Gasteiger partial charge in [0, 0.05) is 15.1 Å². The molecule has 0 aliphatic heterocycles. The maximum absolute atomic E-state index is 14.2. The summed E-state index contributed by atoms with van der Waals surface area (Å²) in [7, 11) is 0. The molecule has 0 nitrogen and oxygen atoms in total. The highest BCUT2D eigenvalue weighted by atomic mass is 79.9. The van der Waals surface area contributed by atoms with Gasteiger partial charge in [0.15, 0.2) is 11.6 Å². The van der Waals surface area contributed by atoms with Crippen LogP contribution in [0.2, 0.25) is 5.02 Å². The third-order valence-corrected chi connectivity index (χ3v) is 6.45. The van der Waals surface area contributed by atoms with Gasteiger partial charge in [0.05, 0.1) is 4.47 Å². The lowest BCUT2D eigenvalue weighted by molar-refractivity contribution is 0.505. The summed E-state index contributed by atoms with van der Waals surface area (Å²) in [6.45, 7) is 0. The normalized spacial score (nSPS) is 10.9. The van der Waals surface area contributed by atoms with E-state index in [2.05, 4.69) is 31.9 Å². The van der Waals surface area contributed by atoms with E-state index in [0.29, 0.717) is 10.6 Å². The maximum atomic E-state index is 14.2. The van der Waals surface area contributed by atoms with Gasteiger partial charge in [-0.15, -0.1) is 0 Å². The molecule has 0 fully saturated rings. The Bertz CT molecular complexity index is 1160. The average molecular weight is 535 g/mol. The fourth-order valence-corrected chi connectivity index (χ4v) is 4.54. The van der Waals surface area contributed by atoms with Crippen LogP contribution in [0.15, 0.2) is 87.8 Å². The number of hydrogen-bond donors (Lipinski definition) is 0. The second-order valence-electron chi connectivity index (χ2n) is 6.48. The third-order valence-electron chi connectivity index (χ3n) is 4.65. The van der Waals surface area contributed by atoms with E-state index in [9.17, 15) is 8.78 Å². The molecule has 0 atom stereocenters. The third kappa shape index (κ3) is 4.02. The van der Waals surface area contributed by atoms with Crippen LogP contribution in [0.3, 0.4) is 0 Å². The minimum atomic E-state index is -0.909. The van der Waals surface area contributed by atoms with Crippen LogP contribution in [0, 0.1) is 11.6 Å². The van der Waals surface area contributed by atoms with Crippen LogP contribution < -0.4 is 0 Å². The zero-order valence-corrected chi connectivity index (χ0v) is 18.8. The van der Waals surface area contributed by atoms with Gasteiger partial charge in [0.2, 0.25) is 0 Å². The van der Waals surface area contributed by atoms with Crippen molar-refractivity contribution < 1.29 is 8.78 Å². The van der Waals surface area contributed by atoms with Crippen LogP contribution >= 0.6 is 43.5 Å². The molecule has 4 aromatic rings. The lowest BCUT2D eigenvalue weighted by Gasteiger charge is -2.14. The quantitative estimate of drug-likeness (QED) is 0.230. The molecule has 0 bridgehead atoms. The molecule has 144 valence electrons. The number of hydrogen-bond acceptors (Lipinski definition) is 0. The van der Waals surface area contributed by atoms with Gasteiger partial charge in [-0.05, 0) is 80.1 Å². The lowest BCUT2D eigenvalue weighted by atomic mass is 9.93. The smallest absolute Gasteiger partial charge is 0.173 e. The summed E-state index contributed by atoms with van der Waals surface area (Å²) >= 11 is 13.2. The fraction of sp³-hybridized carbons (Fsp3) is 0. The highest BCUT2D eigenvalue weighted by Crippen LogP contribution is 2.40. The second kappa shape index (κ2) is 8.39. The molecule has 0 heterocycles. The van der Waals surface area contributed by atoms with Crippen molar-refractivity contribution in [3.8, 4) is 33.4 Å². The van der Waals surface area contributed by atoms with Crippen molar-refractivity contribution in [1.82, 2.24) is 0 Å². The van der Waals surface area contributed by atoms with Crippen molar-refractivity contribution in [2.24, 2.45) is 0 Å². The highest BCUT2D eigenvalue weighted by molar-refractivity contribution is 9.11. The topological polar surface area (TPSA) is 0 Å². The van der Waals surface area contributed by atoms with Gasteiger partial charge < -0.3 is 0 Å². The predicted molar refractivity (Wildman–Crippen MR) is 123 cm³/mol. The molecule has 0 spiro atoms. The number of rotatable bonds is 3. The number of benzene rings is 4. The zero-order valence-electron chi connectivity index (χ0n) is 14.9. The standard InChI is InChI=1S/C24H13Br2ClF2/c25-20-7-3-1-5-17(20)14-11-15(18-6-2-4-8-21(18)27)13-16(12-14)19-9-10-22(28)24(29)23(19)26/h1-13H. The highest BCUT2D eigenvalue weighted by Gasteiger charge is 2.16. The van der Waals surface area contributed by atoms with Crippen molar-refractivity contribution >= 4 is 43.5 Å². The SMILES string of the molecule is Fc1ccc(-c2cc(-c3ccccc3Cl)cc(-c3ccccc3Br)c2)c(Br)c1F. The van der Waals surface area contributed by atoms with Crippen LogP contribution in [0.4, 0.5) is 8.78 Å². The van der Waals surface area contributed by atoms with E-state index in [0.717, 1.165) is 38.4 Å². The summed E-state index contributed by atoms with van der Waals surface area (Å²) < 4.78 is 28.9. The van der Waals surface area contributed by atoms with E-state index in [1.807, 2.05) is 66.7 Å². The molecule has 0 aliphatic rings. The molecule has 29 heavy (non-hydrogen) atoms. The summed E-state index contributed by atoms with van der Waals surface area (Å²) in [5.41, 5.74) is 4.98. The van der Waals surface area contributed by atoms with Gasteiger partial charge in [-0.1, -0.05) is 70.0 Å². The molecule has 0 amide bonds. The number of halogens is 5. The molecule has 0 N–H and O–H groups in total. The van der Waals surface area contributed by atoms with Gasteiger partial charge in [0.1, 0.15) is 0 Å². The van der Waals surface area contributed by atoms with Crippen molar-refractivity contribution in [2.75, 3.05) is 0 Å². The van der Waals surface area contributed by atoms with Gasteiger partial charge in [0.25, 0.3) is 0 Å². The molecular weight excluding hydrogens is 522 g/mol. The Hall–Kier alpha value is -2.01. The van der Waals surface area contributed by atoms with E-state index < -0.39 is 11.6 Å². The molecule has 0 saturated carbocycles. The molecular formula is C24H13Br2ClF2. The Labute approximate surface area is 189 Å². The zero-order chi connectivity index (χ0) is 20.5. The van der Waals surface area contributed by atoms with Crippen LogP contribution in [-0.4, -0.2) is 0 Å². The minimum Gasteiger partial charge on any atom is -0.204 e. The monoisotopic (exact) mass is 532 g/mol. The lowest BCUT2D eigenvalue weighted by Crippen LogP contribution is -1.92. The fourth-order valence-electron chi connectivity index (χ4n) is 3.23. The van der Waals surface area contributed by atoms with Gasteiger partial charge in [-0.25, -0.2) is 8.78 Å². The molecule has 0 saturated heterocycles. The Morgan fingerprint density at radius 2 is 1.17 bits per heavy atom. The molecule has 0 aliphatic carbocycles. The Morgan fingerprint density at radius 3 is 1.83 bits per heavy atom. The second-order valence-corrected chi connectivity index (χ2v) is 8.54. The molecule has 4 aromatic carbocycles. The van der Waals surface area contributed by atoms with Crippen molar-refractivity contribution in [1.29, 1.82) is 0 Å². The molecule has 4 rings (SSSR count). The summed E-state index contributed by atoms with van der Waals surface area (Å²) in [4.78, 5) is 0. The first-order valence-corrected chi connectivity index (χ1v) is 10.7. The van der Waals surface area contributed by atoms with Crippen molar-refractivity contribution in [2.45, 2.75) is 0 Å². The van der Waals surface area contributed by atoms with Crippen LogP contribution in [-0.2, 0) is 0 Å². The van der Waals surface area contributed by atoms with Gasteiger partial charge >= 0.3 is 0 Å². The first-order valence-electron chi connectivity index (χ1n) is 8.74. The summed E-state index contributed by atoms with van der Waals surface area (Å²) in [6, 6.07) is 24.0. The first kappa shape index (κ1) is 20.3. The Morgan fingerprint density at radius 1 is 0.621 bits per heavy atom. The largest absolute Gasteiger partial charge is 0.204 e. The van der Waals surface area contributed by atoms with E-state index in [4.69, 9.17) is 11.6 Å². The maximum Gasteiger partial charge on any atom is 0.173 e. The Balaban J connectivity index is 2.01. The van der Waals surface area contributed by atoms with E-state index in [1.54, 1.807) is 6.07 Å². The first-order chi connectivity index (χ1) is 14.0. The summed E-state index contributed by atoms with van der Waals surface area (Å²) in [6.07, 6.45) is 0. The van der Waals surface area contributed by atoms with Crippen molar-refractivity contribution in [3.05, 3.63) is 104 Å². The van der Waals surface area contributed by atoms with Crippen LogP contribution in [0.5, 0.6) is 0 Å². The van der Waals surface area contributed by atoms with Gasteiger partial charge in [-0.2, -0.15) is 0 Å².